The largest absolute Gasteiger partial charge is 0.478 e. The summed E-state index contributed by atoms with van der Waals surface area (Å²) in [5.74, 6) is -0.136. The molecule has 3 nitrogen and oxygen atoms in total. The summed E-state index contributed by atoms with van der Waals surface area (Å²) in [7, 11) is 0. The molecule has 2 rings (SSSR count). The second-order valence-electron chi connectivity index (χ2n) is 4.53. The van der Waals surface area contributed by atoms with E-state index in [1.54, 1.807) is 6.07 Å². The molecule has 0 aliphatic heterocycles. The van der Waals surface area contributed by atoms with Crippen molar-refractivity contribution in [3.05, 3.63) is 29.3 Å². The van der Waals surface area contributed by atoms with Gasteiger partial charge in [-0.25, -0.2) is 4.79 Å². The van der Waals surface area contributed by atoms with E-state index < -0.39 is 5.97 Å². The molecular formula is C13H17NO2. The normalized spacial score (nSPS) is 15.6. The Morgan fingerprint density at radius 3 is 2.81 bits per heavy atom. The number of nitrogens with one attached hydrogen (secondary N) is 1. The van der Waals surface area contributed by atoms with Crippen LogP contribution in [0, 0.1) is 12.8 Å². The van der Waals surface area contributed by atoms with Crippen LogP contribution in [0.3, 0.4) is 0 Å². The SMILES string of the molecule is Cc1ccc(NCC2CCC2)c(C(=O)O)c1. The molecule has 0 unspecified atom stereocenters. The van der Waals surface area contributed by atoms with Crippen molar-refractivity contribution < 1.29 is 9.90 Å². The first kappa shape index (κ1) is 11.0. The average Bonchev–Trinajstić information content (AvgIpc) is 2.17. The smallest absolute Gasteiger partial charge is 0.337 e. The summed E-state index contributed by atoms with van der Waals surface area (Å²) in [5.41, 5.74) is 2.09. The first-order chi connectivity index (χ1) is 7.66. The third kappa shape index (κ3) is 2.35. The van der Waals surface area contributed by atoms with Crippen molar-refractivity contribution in [3.8, 4) is 0 Å². The zero-order valence-corrected chi connectivity index (χ0v) is 9.49. The Hall–Kier alpha value is -1.51. The first-order valence-corrected chi connectivity index (χ1v) is 5.74. The molecule has 1 aliphatic rings. The lowest BCUT2D eigenvalue weighted by Gasteiger charge is -2.26. The second-order valence-corrected chi connectivity index (χ2v) is 4.53. The van der Waals surface area contributed by atoms with Crippen LogP contribution >= 0.6 is 0 Å². The third-order valence-electron chi connectivity index (χ3n) is 3.21. The van der Waals surface area contributed by atoms with E-state index in [4.69, 9.17) is 5.11 Å². The zero-order chi connectivity index (χ0) is 11.5. The number of carbonyl (C=O) groups is 1. The van der Waals surface area contributed by atoms with Gasteiger partial charge in [0.15, 0.2) is 0 Å². The van der Waals surface area contributed by atoms with E-state index >= 15 is 0 Å². The van der Waals surface area contributed by atoms with E-state index in [1.165, 1.54) is 19.3 Å². The number of hydrogen-bond donors (Lipinski definition) is 2. The molecule has 1 saturated carbocycles. The van der Waals surface area contributed by atoms with Gasteiger partial charge in [-0.3, -0.25) is 0 Å². The van der Waals surface area contributed by atoms with Crippen molar-refractivity contribution in [2.45, 2.75) is 26.2 Å². The van der Waals surface area contributed by atoms with Crippen LogP contribution in [-0.2, 0) is 0 Å². The van der Waals surface area contributed by atoms with Gasteiger partial charge in [-0.2, -0.15) is 0 Å². The van der Waals surface area contributed by atoms with Gasteiger partial charge in [0.25, 0.3) is 0 Å². The summed E-state index contributed by atoms with van der Waals surface area (Å²) < 4.78 is 0. The molecule has 0 saturated heterocycles. The van der Waals surface area contributed by atoms with Crippen LogP contribution in [0.5, 0.6) is 0 Å². The van der Waals surface area contributed by atoms with Crippen molar-refractivity contribution in [2.75, 3.05) is 11.9 Å². The van der Waals surface area contributed by atoms with E-state index in [0.717, 1.165) is 23.7 Å². The molecule has 1 aromatic rings. The minimum Gasteiger partial charge on any atom is -0.478 e. The number of carboxylic acids is 1. The predicted molar refractivity (Wildman–Crippen MR) is 64.0 cm³/mol. The van der Waals surface area contributed by atoms with Gasteiger partial charge in [0.2, 0.25) is 0 Å². The summed E-state index contributed by atoms with van der Waals surface area (Å²) in [5, 5.41) is 12.3. The van der Waals surface area contributed by atoms with Crippen LogP contribution in [0.2, 0.25) is 0 Å². The quantitative estimate of drug-likeness (QED) is 0.818. The molecule has 0 amide bonds. The summed E-state index contributed by atoms with van der Waals surface area (Å²) in [6.07, 6.45) is 3.84. The van der Waals surface area contributed by atoms with Gasteiger partial charge < -0.3 is 10.4 Å². The molecule has 0 spiro atoms. The van der Waals surface area contributed by atoms with Crippen LogP contribution in [0.4, 0.5) is 5.69 Å². The van der Waals surface area contributed by atoms with Crippen molar-refractivity contribution in [1.29, 1.82) is 0 Å². The Kier molecular flexibility index (Phi) is 3.13. The number of anilines is 1. The molecule has 16 heavy (non-hydrogen) atoms. The summed E-state index contributed by atoms with van der Waals surface area (Å²) in [6, 6.07) is 5.51. The van der Waals surface area contributed by atoms with Gasteiger partial charge in [-0.05, 0) is 37.8 Å². The zero-order valence-electron chi connectivity index (χ0n) is 9.49. The highest BCUT2D eigenvalue weighted by atomic mass is 16.4. The fourth-order valence-corrected chi connectivity index (χ4v) is 1.94. The standard InChI is InChI=1S/C13H17NO2/c1-9-5-6-12(11(7-9)13(15)16)14-8-10-3-2-4-10/h5-7,10,14H,2-4,8H2,1H3,(H,15,16). The Balaban J connectivity index is 2.08. The van der Waals surface area contributed by atoms with Gasteiger partial charge in [0.05, 0.1) is 5.56 Å². The van der Waals surface area contributed by atoms with E-state index in [9.17, 15) is 4.79 Å². The molecular weight excluding hydrogens is 202 g/mol. The van der Waals surface area contributed by atoms with E-state index in [1.807, 2.05) is 19.1 Å². The highest BCUT2D eigenvalue weighted by Gasteiger charge is 2.18. The summed E-state index contributed by atoms with van der Waals surface area (Å²) in [6.45, 7) is 2.80. The third-order valence-corrected chi connectivity index (χ3v) is 3.21. The first-order valence-electron chi connectivity index (χ1n) is 5.74. The molecule has 1 fully saturated rings. The molecule has 0 radical (unpaired) electrons. The molecule has 0 bridgehead atoms. The van der Waals surface area contributed by atoms with Gasteiger partial charge in [0.1, 0.15) is 0 Å². The predicted octanol–water partition coefficient (Wildman–Crippen LogP) is 2.91. The minimum absolute atomic E-state index is 0.374. The van der Waals surface area contributed by atoms with Crippen LogP contribution in [0.1, 0.15) is 35.2 Å². The van der Waals surface area contributed by atoms with E-state index in [-0.39, 0.29) is 0 Å². The van der Waals surface area contributed by atoms with Gasteiger partial charge in [0, 0.05) is 12.2 Å². The number of benzene rings is 1. The van der Waals surface area contributed by atoms with Crippen LogP contribution < -0.4 is 5.32 Å². The van der Waals surface area contributed by atoms with Crippen LogP contribution in [0.15, 0.2) is 18.2 Å². The number of rotatable bonds is 4. The highest BCUT2D eigenvalue weighted by Crippen LogP contribution is 2.27. The van der Waals surface area contributed by atoms with Crippen molar-refractivity contribution in [2.24, 2.45) is 5.92 Å². The maximum Gasteiger partial charge on any atom is 0.337 e. The van der Waals surface area contributed by atoms with Crippen molar-refractivity contribution in [3.63, 3.8) is 0 Å². The second kappa shape index (κ2) is 4.56. The topological polar surface area (TPSA) is 49.3 Å². The molecule has 0 heterocycles. The lowest BCUT2D eigenvalue weighted by Crippen LogP contribution is -2.21. The highest BCUT2D eigenvalue weighted by molar-refractivity contribution is 5.94. The van der Waals surface area contributed by atoms with Gasteiger partial charge in [-0.1, -0.05) is 18.1 Å². The summed E-state index contributed by atoms with van der Waals surface area (Å²) in [4.78, 5) is 11.1. The van der Waals surface area contributed by atoms with E-state index in [2.05, 4.69) is 5.32 Å². The Morgan fingerprint density at radius 2 is 2.25 bits per heavy atom. The monoisotopic (exact) mass is 219 g/mol. The minimum atomic E-state index is -0.861. The Bertz CT molecular complexity index is 397. The maximum atomic E-state index is 11.1. The molecule has 1 aromatic carbocycles. The molecule has 0 aromatic heterocycles. The molecule has 86 valence electrons. The van der Waals surface area contributed by atoms with Gasteiger partial charge >= 0.3 is 5.97 Å². The van der Waals surface area contributed by atoms with Gasteiger partial charge in [-0.15, -0.1) is 0 Å². The number of carboxylic acid groups (broad SMARTS) is 1. The van der Waals surface area contributed by atoms with Crippen molar-refractivity contribution in [1.82, 2.24) is 0 Å². The van der Waals surface area contributed by atoms with Crippen LogP contribution in [-0.4, -0.2) is 17.6 Å². The number of aryl methyl sites for hydroxylation is 1. The molecule has 0 atom stereocenters. The lowest BCUT2D eigenvalue weighted by molar-refractivity contribution is 0.0698. The molecule has 3 heteroatoms. The fourth-order valence-electron chi connectivity index (χ4n) is 1.94. The van der Waals surface area contributed by atoms with Crippen molar-refractivity contribution >= 4 is 11.7 Å². The number of hydrogen-bond acceptors (Lipinski definition) is 2. The summed E-state index contributed by atoms with van der Waals surface area (Å²) >= 11 is 0. The lowest BCUT2D eigenvalue weighted by atomic mass is 9.85. The fraction of sp³-hybridized carbons (Fsp3) is 0.462. The van der Waals surface area contributed by atoms with Crippen LogP contribution in [0.25, 0.3) is 0 Å². The molecule has 1 aliphatic carbocycles. The average molecular weight is 219 g/mol. The Labute approximate surface area is 95.5 Å². The molecule has 2 N–H and O–H groups in total. The number of aromatic carboxylic acids is 1. The van der Waals surface area contributed by atoms with E-state index in [0.29, 0.717) is 5.56 Å². The Morgan fingerprint density at radius 1 is 1.50 bits per heavy atom. The maximum absolute atomic E-state index is 11.1.